The second kappa shape index (κ2) is 5.34. The fourth-order valence-electron chi connectivity index (χ4n) is 1.21. The van der Waals surface area contributed by atoms with Gasteiger partial charge in [0.1, 0.15) is 5.75 Å². The lowest BCUT2D eigenvalue weighted by molar-refractivity contribution is 0.233. The van der Waals surface area contributed by atoms with Gasteiger partial charge in [0.15, 0.2) is 0 Å². The third kappa shape index (κ3) is 2.83. The third-order valence-corrected chi connectivity index (χ3v) is 3.79. The third-order valence-electron chi connectivity index (χ3n) is 2.01. The lowest BCUT2D eigenvalue weighted by Crippen LogP contribution is -2.08. The lowest BCUT2D eigenvalue weighted by Gasteiger charge is -2.24. The van der Waals surface area contributed by atoms with E-state index in [4.69, 9.17) is 9.05 Å². The molecule has 15 heavy (non-hydrogen) atoms. The van der Waals surface area contributed by atoms with E-state index in [9.17, 15) is 4.57 Å². The molecular formula is C11H17O3P. The Labute approximate surface area is 90.9 Å². The van der Waals surface area contributed by atoms with Crippen molar-refractivity contribution in [2.45, 2.75) is 27.4 Å². The molecule has 3 nitrogen and oxygen atoms in total. The van der Waals surface area contributed by atoms with Crippen LogP contribution in [0.4, 0.5) is 0 Å². The first-order chi connectivity index (χ1) is 7.23. The molecular weight excluding hydrogens is 211 g/mol. The van der Waals surface area contributed by atoms with E-state index in [0.29, 0.717) is 18.5 Å². The summed E-state index contributed by atoms with van der Waals surface area (Å²) in [5.74, 6) is 0.693. The maximum absolute atomic E-state index is 11.7. The fourth-order valence-corrected chi connectivity index (χ4v) is 2.39. The largest absolute Gasteiger partial charge is 0.424 e. The van der Waals surface area contributed by atoms with Crippen LogP contribution in [-0.2, 0) is 15.7 Å². The van der Waals surface area contributed by atoms with E-state index in [1.54, 1.807) is 6.92 Å². The average molecular weight is 228 g/mol. The fraction of sp³-hybridized carbons (Fsp3) is 0.455. The molecule has 0 saturated carbocycles. The van der Waals surface area contributed by atoms with Gasteiger partial charge in [0.25, 0.3) is 0 Å². The maximum atomic E-state index is 11.7. The number of para-hydroxylation sites is 1. The van der Waals surface area contributed by atoms with Crippen LogP contribution in [0.3, 0.4) is 0 Å². The summed E-state index contributed by atoms with van der Waals surface area (Å²) >= 11 is 0. The van der Waals surface area contributed by atoms with Crippen LogP contribution in [0.2, 0.25) is 0 Å². The molecule has 0 bridgehead atoms. The normalized spacial score (nSPS) is 23.1. The van der Waals surface area contributed by atoms with Gasteiger partial charge in [-0.2, -0.15) is 0 Å². The first kappa shape index (κ1) is 12.3. The zero-order valence-corrected chi connectivity index (χ0v) is 10.3. The summed E-state index contributed by atoms with van der Waals surface area (Å²) < 4.78 is 22.2. The lowest BCUT2D eigenvalue weighted by atomic mass is 10.2. The molecule has 0 amide bonds. The minimum absolute atomic E-state index is 0.390. The van der Waals surface area contributed by atoms with Gasteiger partial charge in [-0.3, -0.25) is 4.52 Å². The SMILES string of the molecule is CC.CCP1(=O)OCc2ccccc2O1. The van der Waals surface area contributed by atoms with E-state index in [0.717, 1.165) is 5.56 Å². The topological polar surface area (TPSA) is 35.5 Å². The highest BCUT2D eigenvalue weighted by Crippen LogP contribution is 2.52. The van der Waals surface area contributed by atoms with Crippen LogP contribution in [0, 0.1) is 0 Å². The van der Waals surface area contributed by atoms with Crippen LogP contribution in [0.5, 0.6) is 5.75 Å². The molecule has 0 aliphatic carbocycles. The van der Waals surface area contributed by atoms with Crippen LogP contribution in [0.1, 0.15) is 26.3 Å². The van der Waals surface area contributed by atoms with E-state index in [1.165, 1.54) is 0 Å². The summed E-state index contributed by atoms with van der Waals surface area (Å²) in [5.41, 5.74) is 0.961. The Morgan fingerprint density at radius 1 is 1.33 bits per heavy atom. The van der Waals surface area contributed by atoms with Crippen LogP contribution >= 0.6 is 7.60 Å². The Morgan fingerprint density at radius 3 is 2.67 bits per heavy atom. The van der Waals surface area contributed by atoms with E-state index < -0.39 is 7.60 Å². The van der Waals surface area contributed by atoms with Crippen molar-refractivity contribution in [2.24, 2.45) is 0 Å². The van der Waals surface area contributed by atoms with Gasteiger partial charge >= 0.3 is 7.60 Å². The highest BCUT2D eigenvalue weighted by atomic mass is 31.2. The zero-order valence-electron chi connectivity index (χ0n) is 9.40. The van der Waals surface area contributed by atoms with Crippen molar-refractivity contribution in [3.05, 3.63) is 29.8 Å². The van der Waals surface area contributed by atoms with Crippen molar-refractivity contribution in [2.75, 3.05) is 6.16 Å². The van der Waals surface area contributed by atoms with Crippen molar-refractivity contribution in [3.63, 3.8) is 0 Å². The quantitative estimate of drug-likeness (QED) is 0.685. The number of hydrogen-bond acceptors (Lipinski definition) is 3. The molecule has 0 radical (unpaired) electrons. The second-order valence-corrected chi connectivity index (χ2v) is 5.19. The molecule has 1 unspecified atom stereocenters. The summed E-state index contributed by atoms with van der Waals surface area (Å²) in [4.78, 5) is 0. The summed E-state index contributed by atoms with van der Waals surface area (Å²) in [6.45, 7) is 6.19. The molecule has 2 rings (SSSR count). The van der Waals surface area contributed by atoms with Crippen molar-refractivity contribution < 1.29 is 13.6 Å². The van der Waals surface area contributed by atoms with Crippen LogP contribution in [0.25, 0.3) is 0 Å². The standard InChI is InChI=1S/C9H11O3P.C2H6/c1-2-13(10)11-7-8-5-3-4-6-9(8)12-13;1-2/h3-6H,2,7H2,1H3;1-2H3. The molecule has 1 aliphatic rings. The Hall–Kier alpha value is -0.790. The number of rotatable bonds is 1. The van der Waals surface area contributed by atoms with Crippen LogP contribution < -0.4 is 4.52 Å². The first-order valence-electron chi connectivity index (χ1n) is 5.24. The van der Waals surface area contributed by atoms with Gasteiger partial charge in [0.2, 0.25) is 0 Å². The minimum atomic E-state index is -2.83. The molecule has 1 heterocycles. The van der Waals surface area contributed by atoms with Crippen molar-refractivity contribution in [1.82, 2.24) is 0 Å². The maximum Gasteiger partial charge on any atom is 0.379 e. The molecule has 1 aromatic rings. The van der Waals surface area contributed by atoms with Gasteiger partial charge in [-0.05, 0) is 6.07 Å². The highest BCUT2D eigenvalue weighted by Gasteiger charge is 2.29. The molecule has 0 fully saturated rings. The Kier molecular flexibility index (Phi) is 4.37. The summed E-state index contributed by atoms with van der Waals surface area (Å²) in [5, 5.41) is 0. The highest BCUT2D eigenvalue weighted by molar-refractivity contribution is 7.54. The van der Waals surface area contributed by atoms with E-state index in [1.807, 2.05) is 38.1 Å². The van der Waals surface area contributed by atoms with Gasteiger partial charge in [-0.25, -0.2) is 4.57 Å². The Balaban J connectivity index is 0.000000531. The molecule has 1 aromatic carbocycles. The van der Waals surface area contributed by atoms with E-state index in [-0.39, 0.29) is 0 Å². The molecule has 84 valence electrons. The molecule has 0 spiro atoms. The van der Waals surface area contributed by atoms with Crippen molar-refractivity contribution in [1.29, 1.82) is 0 Å². The number of fused-ring (bicyclic) bond motifs is 1. The first-order valence-corrected chi connectivity index (χ1v) is 6.97. The van der Waals surface area contributed by atoms with Gasteiger partial charge in [0.05, 0.1) is 12.8 Å². The van der Waals surface area contributed by atoms with E-state index in [2.05, 4.69) is 0 Å². The van der Waals surface area contributed by atoms with Gasteiger partial charge in [-0.15, -0.1) is 0 Å². The van der Waals surface area contributed by atoms with Crippen LogP contribution in [-0.4, -0.2) is 6.16 Å². The number of hydrogen-bond donors (Lipinski definition) is 0. The monoisotopic (exact) mass is 228 g/mol. The average Bonchev–Trinajstić information content (AvgIpc) is 2.31. The summed E-state index contributed by atoms with van der Waals surface area (Å²) in [6.07, 6.45) is 0.418. The minimum Gasteiger partial charge on any atom is -0.424 e. The molecule has 0 saturated heterocycles. The summed E-state index contributed by atoms with van der Waals surface area (Å²) in [6, 6.07) is 7.51. The predicted octanol–water partition coefficient (Wildman–Crippen LogP) is 3.83. The molecule has 1 atom stereocenters. The van der Waals surface area contributed by atoms with Crippen LogP contribution in [0.15, 0.2) is 24.3 Å². The number of benzene rings is 1. The predicted molar refractivity (Wildman–Crippen MR) is 61.4 cm³/mol. The molecule has 0 N–H and O–H groups in total. The second-order valence-electron chi connectivity index (χ2n) is 2.90. The summed E-state index contributed by atoms with van der Waals surface area (Å²) in [7, 11) is -2.83. The Morgan fingerprint density at radius 2 is 2.00 bits per heavy atom. The van der Waals surface area contributed by atoms with Crippen molar-refractivity contribution in [3.8, 4) is 5.75 Å². The smallest absolute Gasteiger partial charge is 0.379 e. The van der Waals surface area contributed by atoms with Crippen molar-refractivity contribution >= 4 is 7.60 Å². The Bertz CT molecular complexity index is 363. The van der Waals surface area contributed by atoms with E-state index >= 15 is 0 Å². The molecule has 1 aliphatic heterocycles. The molecule has 4 heteroatoms. The van der Waals surface area contributed by atoms with Gasteiger partial charge in [0, 0.05) is 5.56 Å². The zero-order chi connectivity index (χ0) is 11.3. The molecule has 0 aromatic heterocycles. The van der Waals surface area contributed by atoms with Gasteiger partial charge < -0.3 is 4.52 Å². The van der Waals surface area contributed by atoms with Gasteiger partial charge in [-0.1, -0.05) is 39.0 Å².